The molecule has 7 nitrogen and oxygen atoms in total. The third-order valence-electron chi connectivity index (χ3n) is 7.37. The lowest BCUT2D eigenvalue weighted by atomic mass is 9.96. The second-order valence-electron chi connectivity index (χ2n) is 9.59. The van der Waals surface area contributed by atoms with Crippen molar-refractivity contribution in [1.29, 1.82) is 0 Å². The number of hydrogen-bond donors (Lipinski definition) is 0. The molecule has 0 aliphatic carbocycles. The van der Waals surface area contributed by atoms with Crippen molar-refractivity contribution in [2.45, 2.75) is 31.7 Å². The van der Waals surface area contributed by atoms with Gasteiger partial charge in [-0.15, -0.1) is 22.7 Å². The number of aryl methyl sites for hydroxylation is 1. The van der Waals surface area contributed by atoms with Gasteiger partial charge >= 0.3 is 0 Å². The van der Waals surface area contributed by atoms with Crippen molar-refractivity contribution >= 4 is 34.6 Å². The Balaban J connectivity index is 1.20. The molecule has 2 fully saturated rings. The Labute approximate surface area is 224 Å². The van der Waals surface area contributed by atoms with Crippen LogP contribution in [0.5, 0.6) is 0 Å². The van der Waals surface area contributed by atoms with Crippen molar-refractivity contribution in [2.24, 2.45) is 0 Å². The van der Waals surface area contributed by atoms with E-state index in [9.17, 15) is 4.79 Å². The number of rotatable bonds is 7. The first-order valence-corrected chi connectivity index (χ1v) is 14.5. The minimum atomic E-state index is -0.136. The molecule has 1 aromatic carbocycles. The highest BCUT2D eigenvalue weighted by atomic mass is 32.1. The third kappa shape index (κ3) is 5.01. The highest BCUT2D eigenvalue weighted by Gasteiger charge is 2.29. The summed E-state index contributed by atoms with van der Waals surface area (Å²) < 4.78 is 11.2. The van der Waals surface area contributed by atoms with Gasteiger partial charge in [0.05, 0.1) is 29.5 Å². The first-order valence-electron chi connectivity index (χ1n) is 12.8. The third-order valence-corrected chi connectivity index (χ3v) is 9.32. The van der Waals surface area contributed by atoms with E-state index in [0.717, 1.165) is 96.7 Å². The Morgan fingerprint density at radius 1 is 1.08 bits per heavy atom. The van der Waals surface area contributed by atoms with Crippen LogP contribution in [0.15, 0.2) is 51.7 Å². The van der Waals surface area contributed by atoms with Crippen LogP contribution in [-0.2, 0) is 9.53 Å². The minimum absolute atomic E-state index is 0.136. The summed E-state index contributed by atoms with van der Waals surface area (Å²) in [5, 5.41) is 9.77. The van der Waals surface area contributed by atoms with E-state index in [-0.39, 0.29) is 6.04 Å². The van der Waals surface area contributed by atoms with E-state index in [0.29, 0.717) is 5.92 Å². The number of hydrogen-bond acceptors (Lipinski definition) is 9. The van der Waals surface area contributed by atoms with Gasteiger partial charge in [0.2, 0.25) is 0 Å². The summed E-state index contributed by atoms with van der Waals surface area (Å²) in [6.45, 7) is 7.04. The molecule has 2 saturated heterocycles. The molecule has 0 amide bonds. The average Bonchev–Trinajstić information content (AvgIpc) is 3.72. The van der Waals surface area contributed by atoms with Crippen LogP contribution in [0.1, 0.15) is 40.4 Å². The molecular formula is C28H30N4O3S2. The molecule has 2 aliphatic rings. The van der Waals surface area contributed by atoms with Gasteiger partial charge in [0, 0.05) is 40.5 Å². The zero-order chi connectivity index (χ0) is 25.2. The van der Waals surface area contributed by atoms with Crippen molar-refractivity contribution in [2.75, 3.05) is 44.3 Å². The summed E-state index contributed by atoms with van der Waals surface area (Å²) in [4.78, 5) is 22.7. The number of thiophene rings is 1. The highest BCUT2D eigenvalue weighted by Crippen LogP contribution is 2.39. The molecule has 37 heavy (non-hydrogen) atoms. The SMILES string of the molecule is Cc1onc(-c2cccc(N3CCOCC3)c2)c1-c1csc(C2CCN(C(C=O)c3cccs3)CC2)n1. The number of morpholine rings is 1. The van der Waals surface area contributed by atoms with Crippen molar-refractivity contribution in [1.82, 2.24) is 15.0 Å². The lowest BCUT2D eigenvalue weighted by Gasteiger charge is -2.34. The monoisotopic (exact) mass is 534 g/mol. The van der Waals surface area contributed by atoms with Crippen LogP contribution in [0.4, 0.5) is 5.69 Å². The molecule has 2 aliphatic heterocycles. The molecule has 0 saturated carbocycles. The largest absolute Gasteiger partial charge is 0.378 e. The predicted octanol–water partition coefficient (Wildman–Crippen LogP) is 5.79. The molecule has 1 unspecified atom stereocenters. The van der Waals surface area contributed by atoms with Crippen LogP contribution in [0, 0.1) is 6.92 Å². The molecule has 3 aromatic heterocycles. The molecule has 5 heterocycles. The van der Waals surface area contributed by atoms with E-state index in [4.69, 9.17) is 14.2 Å². The van der Waals surface area contributed by atoms with Crippen molar-refractivity contribution < 1.29 is 14.1 Å². The van der Waals surface area contributed by atoms with Gasteiger partial charge in [-0.3, -0.25) is 4.90 Å². The van der Waals surface area contributed by atoms with E-state index in [1.54, 1.807) is 22.7 Å². The molecule has 192 valence electrons. The van der Waals surface area contributed by atoms with Crippen molar-refractivity contribution in [3.8, 4) is 22.5 Å². The average molecular weight is 535 g/mol. The maximum absolute atomic E-state index is 11.8. The normalized spacial score (nSPS) is 18.2. The highest BCUT2D eigenvalue weighted by molar-refractivity contribution is 7.10. The molecule has 6 rings (SSSR count). The van der Waals surface area contributed by atoms with Crippen molar-refractivity contribution in [3.63, 3.8) is 0 Å². The summed E-state index contributed by atoms with van der Waals surface area (Å²) in [5.74, 6) is 1.18. The Kier molecular flexibility index (Phi) is 7.19. The molecular weight excluding hydrogens is 504 g/mol. The molecule has 0 radical (unpaired) electrons. The van der Waals surface area contributed by atoms with Crippen LogP contribution in [0.2, 0.25) is 0 Å². The van der Waals surface area contributed by atoms with Gasteiger partial charge in [-0.1, -0.05) is 23.4 Å². The van der Waals surface area contributed by atoms with Crippen molar-refractivity contribution in [3.05, 3.63) is 62.8 Å². The number of ether oxygens (including phenoxy) is 1. The fourth-order valence-electron chi connectivity index (χ4n) is 5.35. The van der Waals surface area contributed by atoms with Crippen LogP contribution >= 0.6 is 22.7 Å². The number of aromatic nitrogens is 2. The molecule has 0 bridgehead atoms. The van der Waals surface area contributed by atoms with Gasteiger partial charge in [0.1, 0.15) is 23.8 Å². The summed E-state index contributed by atoms with van der Waals surface area (Å²) in [7, 11) is 0. The van der Waals surface area contributed by atoms with Gasteiger partial charge in [-0.05, 0) is 56.4 Å². The molecule has 0 N–H and O–H groups in total. The Hall–Kier alpha value is -2.85. The smallest absolute Gasteiger partial charge is 0.143 e. The van der Waals surface area contributed by atoms with Crippen LogP contribution < -0.4 is 4.90 Å². The molecule has 0 spiro atoms. The van der Waals surface area contributed by atoms with Crippen LogP contribution in [0.3, 0.4) is 0 Å². The van der Waals surface area contributed by atoms with Gasteiger partial charge in [-0.2, -0.15) is 0 Å². The first-order chi connectivity index (χ1) is 18.2. The maximum Gasteiger partial charge on any atom is 0.143 e. The first kappa shape index (κ1) is 24.5. The second kappa shape index (κ2) is 10.9. The number of carbonyl (C=O) groups is 1. The number of anilines is 1. The Morgan fingerprint density at radius 3 is 2.68 bits per heavy atom. The number of aldehydes is 1. The van der Waals surface area contributed by atoms with Gasteiger partial charge in [-0.25, -0.2) is 4.98 Å². The van der Waals surface area contributed by atoms with E-state index in [1.807, 2.05) is 18.4 Å². The van der Waals surface area contributed by atoms with Crippen LogP contribution in [0.25, 0.3) is 22.5 Å². The van der Waals surface area contributed by atoms with Gasteiger partial charge in [0.25, 0.3) is 0 Å². The number of likely N-dealkylation sites (tertiary alicyclic amines) is 1. The topological polar surface area (TPSA) is 71.7 Å². The van der Waals surface area contributed by atoms with E-state index in [2.05, 4.69) is 50.7 Å². The number of carbonyl (C=O) groups excluding carboxylic acids is 1. The maximum atomic E-state index is 11.8. The van der Waals surface area contributed by atoms with E-state index < -0.39 is 0 Å². The standard InChI is InChI=1S/C28H30N4O3S2/c1-19-26(27(30-35-19)21-4-2-5-22(16-21)31-11-13-34-14-12-31)23-18-37-28(29-23)20-7-9-32(10-8-20)24(17-33)25-6-3-15-36-25/h2-6,15-18,20,24H,7-14H2,1H3. The second-order valence-corrected chi connectivity index (χ2v) is 11.5. The fourth-order valence-corrected chi connectivity index (χ4v) is 7.15. The van der Waals surface area contributed by atoms with E-state index >= 15 is 0 Å². The van der Waals surface area contributed by atoms with Gasteiger partial charge in [0.15, 0.2) is 0 Å². The van der Waals surface area contributed by atoms with Gasteiger partial charge < -0.3 is 19.0 Å². The zero-order valence-corrected chi connectivity index (χ0v) is 22.5. The van der Waals surface area contributed by atoms with Crippen LogP contribution in [-0.4, -0.2) is 60.7 Å². The summed E-state index contributed by atoms with van der Waals surface area (Å²) in [5.41, 5.74) is 4.95. The lowest BCUT2D eigenvalue weighted by molar-refractivity contribution is -0.113. The quantitative estimate of drug-likeness (QED) is 0.278. The van der Waals surface area contributed by atoms with E-state index in [1.165, 1.54) is 5.69 Å². The summed E-state index contributed by atoms with van der Waals surface area (Å²) in [6, 6.07) is 12.4. The number of nitrogens with zero attached hydrogens (tertiary/aromatic N) is 4. The number of benzene rings is 1. The predicted molar refractivity (Wildman–Crippen MR) is 147 cm³/mol. The Bertz CT molecular complexity index is 1340. The summed E-state index contributed by atoms with van der Waals surface area (Å²) in [6.07, 6.45) is 3.08. The Morgan fingerprint density at radius 2 is 1.92 bits per heavy atom. The lowest BCUT2D eigenvalue weighted by Crippen LogP contribution is -2.36. The zero-order valence-electron chi connectivity index (χ0n) is 20.8. The minimum Gasteiger partial charge on any atom is -0.378 e. The number of thiazole rings is 1. The molecule has 1 atom stereocenters. The summed E-state index contributed by atoms with van der Waals surface area (Å²) >= 11 is 3.37. The molecule has 4 aromatic rings. The number of piperidine rings is 1. The molecule has 9 heteroatoms. The fraction of sp³-hybridized carbons (Fsp3) is 0.393.